The molecule has 1 unspecified atom stereocenters. The lowest BCUT2D eigenvalue weighted by atomic mass is 10.1. The summed E-state index contributed by atoms with van der Waals surface area (Å²) in [5.41, 5.74) is 1.72. The predicted molar refractivity (Wildman–Crippen MR) is 104 cm³/mol. The third-order valence-electron chi connectivity index (χ3n) is 4.59. The van der Waals surface area contributed by atoms with E-state index in [9.17, 15) is 4.79 Å². The number of amides is 1. The molecule has 0 spiro atoms. The van der Waals surface area contributed by atoms with Crippen molar-refractivity contribution in [2.24, 2.45) is 0 Å². The number of hydrogen-bond acceptors (Lipinski definition) is 6. The predicted octanol–water partition coefficient (Wildman–Crippen LogP) is 3.74. The molecule has 1 amide bonds. The van der Waals surface area contributed by atoms with Crippen LogP contribution in [0.15, 0.2) is 34.0 Å². The van der Waals surface area contributed by atoms with E-state index in [-0.39, 0.29) is 11.2 Å². The number of hydrogen-bond donors (Lipinski definition) is 0. The summed E-state index contributed by atoms with van der Waals surface area (Å²) in [6.07, 6.45) is 4.24. The Morgan fingerprint density at radius 3 is 2.81 bits per heavy atom. The molecule has 1 aliphatic rings. The maximum Gasteiger partial charge on any atom is 0.236 e. The summed E-state index contributed by atoms with van der Waals surface area (Å²) in [6.45, 7) is 3.83. The molecule has 3 aromatic heterocycles. The summed E-state index contributed by atoms with van der Waals surface area (Å²) in [6, 6.07) is 5.85. The minimum absolute atomic E-state index is 0.0980. The minimum Gasteiger partial charge on any atom is -0.342 e. The molecule has 0 saturated carbocycles. The third-order valence-corrected chi connectivity index (χ3v) is 6.56. The molecular weight excluding hydrogens is 366 g/mol. The van der Waals surface area contributed by atoms with Crippen molar-refractivity contribution in [3.05, 3.63) is 29.0 Å². The minimum atomic E-state index is -0.0980. The smallest absolute Gasteiger partial charge is 0.236 e. The Labute approximate surface area is 160 Å². The van der Waals surface area contributed by atoms with Crippen LogP contribution in [0.25, 0.3) is 17.0 Å². The van der Waals surface area contributed by atoms with Gasteiger partial charge in [0.2, 0.25) is 5.91 Å². The van der Waals surface area contributed by atoms with Gasteiger partial charge in [-0.3, -0.25) is 4.79 Å². The van der Waals surface area contributed by atoms with Crippen molar-refractivity contribution < 1.29 is 4.79 Å². The highest BCUT2D eigenvalue weighted by atomic mass is 32.2. The highest BCUT2D eigenvalue weighted by molar-refractivity contribution is 8.00. The van der Waals surface area contributed by atoms with Crippen molar-refractivity contribution in [2.45, 2.75) is 42.9 Å². The fourth-order valence-corrected chi connectivity index (χ4v) is 4.80. The zero-order chi connectivity index (χ0) is 17.9. The fraction of sp³-hybridized carbons (Fsp3) is 0.444. The van der Waals surface area contributed by atoms with Crippen LogP contribution in [0.4, 0.5) is 0 Å². The van der Waals surface area contributed by atoms with Gasteiger partial charge >= 0.3 is 0 Å². The molecule has 1 atom stereocenters. The molecule has 1 aliphatic heterocycles. The molecule has 0 N–H and O–H groups in total. The van der Waals surface area contributed by atoms with Gasteiger partial charge in [0.05, 0.1) is 5.25 Å². The van der Waals surface area contributed by atoms with E-state index in [2.05, 4.69) is 17.1 Å². The molecule has 136 valence electrons. The van der Waals surface area contributed by atoms with Gasteiger partial charge in [0.25, 0.3) is 0 Å². The summed E-state index contributed by atoms with van der Waals surface area (Å²) < 4.78 is 1.77. The average molecular weight is 388 g/mol. The molecule has 0 aromatic carbocycles. The number of rotatable bonds is 5. The molecule has 1 fully saturated rings. The number of likely N-dealkylation sites (tertiary alicyclic amines) is 1. The van der Waals surface area contributed by atoms with E-state index >= 15 is 0 Å². The van der Waals surface area contributed by atoms with Crippen LogP contribution in [0.3, 0.4) is 0 Å². The Kier molecular flexibility index (Phi) is 5.21. The van der Waals surface area contributed by atoms with E-state index in [0.717, 1.165) is 48.8 Å². The number of thiophene rings is 1. The Balaban J connectivity index is 1.57. The normalized spacial score (nSPS) is 16.1. The van der Waals surface area contributed by atoms with Crippen molar-refractivity contribution >= 4 is 34.7 Å². The quantitative estimate of drug-likeness (QED) is 0.624. The highest BCUT2D eigenvalue weighted by Gasteiger charge is 2.25. The van der Waals surface area contributed by atoms with Crippen molar-refractivity contribution in [3.8, 4) is 11.4 Å². The van der Waals surface area contributed by atoms with Crippen LogP contribution in [-0.2, 0) is 4.79 Å². The summed E-state index contributed by atoms with van der Waals surface area (Å²) in [5, 5.41) is 17.9. The van der Waals surface area contributed by atoms with Crippen molar-refractivity contribution in [3.63, 3.8) is 0 Å². The topological polar surface area (TPSA) is 63.4 Å². The van der Waals surface area contributed by atoms with Gasteiger partial charge < -0.3 is 4.90 Å². The molecule has 0 radical (unpaired) electrons. The first-order chi connectivity index (χ1) is 12.8. The zero-order valence-electron chi connectivity index (χ0n) is 14.7. The monoisotopic (exact) mass is 387 g/mol. The lowest BCUT2D eigenvalue weighted by Crippen LogP contribution is -2.40. The van der Waals surface area contributed by atoms with Crippen molar-refractivity contribution in [2.75, 3.05) is 13.1 Å². The van der Waals surface area contributed by atoms with Crippen molar-refractivity contribution in [1.82, 2.24) is 24.7 Å². The van der Waals surface area contributed by atoms with Crippen LogP contribution in [-0.4, -0.2) is 49.0 Å². The maximum atomic E-state index is 12.8. The Hall–Kier alpha value is -1.93. The van der Waals surface area contributed by atoms with Gasteiger partial charge in [0.1, 0.15) is 5.03 Å². The first-order valence-corrected chi connectivity index (χ1v) is 10.8. The molecule has 8 heteroatoms. The van der Waals surface area contributed by atoms with E-state index in [4.69, 9.17) is 5.10 Å². The molecule has 0 bridgehead atoms. The van der Waals surface area contributed by atoms with Crippen molar-refractivity contribution in [1.29, 1.82) is 0 Å². The largest absolute Gasteiger partial charge is 0.342 e. The first kappa shape index (κ1) is 17.5. The molecular formula is C18H21N5OS2. The van der Waals surface area contributed by atoms with Gasteiger partial charge in [-0.1, -0.05) is 18.7 Å². The highest BCUT2D eigenvalue weighted by Crippen LogP contribution is 2.28. The van der Waals surface area contributed by atoms with Gasteiger partial charge in [0.15, 0.2) is 11.5 Å². The lowest BCUT2D eigenvalue weighted by molar-refractivity contribution is -0.131. The summed E-state index contributed by atoms with van der Waals surface area (Å²) in [5.74, 6) is 0.972. The lowest BCUT2D eigenvalue weighted by Gasteiger charge is -2.29. The SMILES string of the molecule is CCC(Sc1ccc2nnc(-c3ccsc3)n2n1)C(=O)N1CCCCC1. The standard InChI is InChI=1S/C18H21N5OS2/c1-2-14(18(24)22-9-4-3-5-10-22)26-16-7-6-15-19-20-17(23(15)21-16)13-8-11-25-12-13/h6-8,11-12,14H,2-5,9-10H2,1H3. The Morgan fingerprint density at radius 1 is 1.23 bits per heavy atom. The molecule has 1 saturated heterocycles. The van der Waals surface area contributed by atoms with Gasteiger partial charge in [-0.05, 0) is 49.3 Å². The maximum absolute atomic E-state index is 12.8. The van der Waals surface area contributed by atoms with Gasteiger partial charge in [-0.25, -0.2) is 0 Å². The second-order valence-electron chi connectivity index (χ2n) is 6.38. The zero-order valence-corrected chi connectivity index (χ0v) is 16.3. The molecule has 3 aromatic rings. The number of carbonyl (C=O) groups is 1. The van der Waals surface area contributed by atoms with Gasteiger partial charge in [-0.15, -0.1) is 10.2 Å². The number of aromatic nitrogens is 4. The molecule has 26 heavy (non-hydrogen) atoms. The van der Waals surface area contributed by atoms with E-state index in [0.29, 0.717) is 5.65 Å². The molecule has 4 rings (SSSR count). The molecule has 6 nitrogen and oxygen atoms in total. The summed E-state index contributed by atoms with van der Waals surface area (Å²) in [4.78, 5) is 14.9. The average Bonchev–Trinajstić information content (AvgIpc) is 3.35. The number of piperidine rings is 1. The Bertz CT molecular complexity index is 886. The number of fused-ring (bicyclic) bond motifs is 1. The second kappa shape index (κ2) is 7.75. The first-order valence-electron chi connectivity index (χ1n) is 8.96. The number of nitrogens with zero attached hydrogens (tertiary/aromatic N) is 5. The molecule has 0 aliphatic carbocycles. The van der Waals surface area contributed by atoms with Crippen LogP contribution >= 0.6 is 23.1 Å². The third kappa shape index (κ3) is 3.48. The van der Waals surface area contributed by atoms with Crippen LogP contribution in [0.1, 0.15) is 32.6 Å². The second-order valence-corrected chi connectivity index (χ2v) is 8.38. The fourth-order valence-electron chi connectivity index (χ4n) is 3.18. The number of carbonyl (C=O) groups excluding carboxylic acids is 1. The summed E-state index contributed by atoms with van der Waals surface area (Å²) >= 11 is 3.16. The van der Waals surface area contributed by atoms with E-state index in [1.165, 1.54) is 18.2 Å². The Morgan fingerprint density at radius 2 is 2.08 bits per heavy atom. The van der Waals surface area contributed by atoms with Gasteiger partial charge in [-0.2, -0.15) is 21.0 Å². The van der Waals surface area contributed by atoms with E-state index in [1.54, 1.807) is 15.9 Å². The van der Waals surface area contributed by atoms with Crippen LogP contribution < -0.4 is 0 Å². The van der Waals surface area contributed by atoms with Gasteiger partial charge in [0, 0.05) is 24.0 Å². The van der Waals surface area contributed by atoms with E-state index < -0.39 is 0 Å². The van der Waals surface area contributed by atoms with Crippen LogP contribution in [0.2, 0.25) is 0 Å². The van der Waals surface area contributed by atoms with E-state index in [1.807, 2.05) is 33.9 Å². The number of thioether (sulfide) groups is 1. The summed E-state index contributed by atoms with van der Waals surface area (Å²) in [7, 11) is 0. The molecule has 4 heterocycles. The van der Waals surface area contributed by atoms with Crippen LogP contribution in [0, 0.1) is 0 Å². The van der Waals surface area contributed by atoms with Crippen LogP contribution in [0.5, 0.6) is 0 Å².